The minimum Gasteiger partial charge on any atom is -0.377 e. The Morgan fingerprint density at radius 1 is 1.32 bits per heavy atom. The van der Waals surface area contributed by atoms with Crippen molar-refractivity contribution >= 4 is 46.6 Å². The lowest BCUT2D eigenvalue weighted by molar-refractivity contribution is -0.171. The average Bonchev–Trinajstić information content (AvgIpc) is 3.30. The van der Waals surface area contributed by atoms with E-state index in [0.29, 0.717) is 23.5 Å². The summed E-state index contributed by atoms with van der Waals surface area (Å²) in [5.74, 6) is 2.71. The first-order chi connectivity index (χ1) is 13.2. The largest absolute Gasteiger partial charge is 0.377 e. The first-order valence-corrected chi connectivity index (χ1v) is 11.2. The Hall–Kier alpha value is -0.680. The van der Waals surface area contributed by atoms with Gasteiger partial charge in [-0.25, -0.2) is 4.98 Å². The second-order valence-electron chi connectivity index (χ2n) is 8.32. The first kappa shape index (κ1) is 20.6. The van der Waals surface area contributed by atoms with E-state index in [1.165, 1.54) is 37.2 Å². The van der Waals surface area contributed by atoms with Gasteiger partial charge in [-0.3, -0.25) is 4.99 Å². The molecule has 3 unspecified atom stereocenters. The molecule has 7 nitrogen and oxygen atoms in total. The van der Waals surface area contributed by atoms with E-state index >= 15 is 0 Å². The molecule has 4 fully saturated rings. The smallest absolute Gasteiger partial charge is 0.205 e. The second-order valence-corrected chi connectivity index (χ2v) is 9.05. The van der Waals surface area contributed by atoms with Crippen molar-refractivity contribution in [3.63, 3.8) is 0 Å². The van der Waals surface area contributed by atoms with E-state index in [-0.39, 0.29) is 24.0 Å². The summed E-state index contributed by atoms with van der Waals surface area (Å²) >= 11 is 1.53. The van der Waals surface area contributed by atoms with Crippen LogP contribution in [0, 0.1) is 11.3 Å². The van der Waals surface area contributed by atoms with Crippen LogP contribution in [0.1, 0.15) is 38.4 Å². The van der Waals surface area contributed by atoms with Gasteiger partial charge in [0, 0.05) is 75.2 Å². The number of rotatable bonds is 3. The van der Waals surface area contributed by atoms with E-state index < -0.39 is 0 Å². The lowest BCUT2D eigenvalue weighted by atomic mass is 9.46. The van der Waals surface area contributed by atoms with Crippen LogP contribution in [-0.4, -0.2) is 72.2 Å². The molecule has 156 valence electrons. The van der Waals surface area contributed by atoms with Crippen LogP contribution in [0.2, 0.25) is 0 Å². The number of hydrogen-bond acceptors (Lipinski definition) is 6. The van der Waals surface area contributed by atoms with Crippen molar-refractivity contribution in [2.45, 2.75) is 51.2 Å². The van der Waals surface area contributed by atoms with E-state index in [1.54, 1.807) is 0 Å². The summed E-state index contributed by atoms with van der Waals surface area (Å²) in [6.45, 7) is 6.95. The Kier molecular flexibility index (Phi) is 6.04. The number of nitrogens with one attached hydrogen (secondary N) is 1. The fourth-order valence-electron chi connectivity index (χ4n) is 5.52. The molecule has 0 aromatic carbocycles. The zero-order valence-electron chi connectivity index (χ0n) is 16.8. The topological polar surface area (TPSA) is 65.9 Å². The fourth-order valence-corrected chi connectivity index (χ4v) is 6.32. The molecular formula is C19H31IN6OS. The maximum atomic E-state index is 6.06. The summed E-state index contributed by atoms with van der Waals surface area (Å²) in [4.78, 5) is 14.0. The molecule has 28 heavy (non-hydrogen) atoms. The van der Waals surface area contributed by atoms with Gasteiger partial charge in [0.1, 0.15) is 5.82 Å². The quantitative estimate of drug-likeness (QED) is 0.377. The van der Waals surface area contributed by atoms with Crippen LogP contribution in [0.25, 0.3) is 0 Å². The predicted molar refractivity (Wildman–Crippen MR) is 123 cm³/mol. The Balaban J connectivity index is 0.00000192. The van der Waals surface area contributed by atoms with Crippen LogP contribution >= 0.6 is 35.5 Å². The maximum Gasteiger partial charge on any atom is 0.205 e. The highest BCUT2D eigenvalue weighted by Gasteiger charge is 2.66. The minimum absolute atomic E-state index is 0. The van der Waals surface area contributed by atoms with Crippen molar-refractivity contribution in [1.82, 2.24) is 19.6 Å². The van der Waals surface area contributed by atoms with Crippen molar-refractivity contribution in [1.29, 1.82) is 0 Å². The molecule has 9 heteroatoms. The highest BCUT2D eigenvalue weighted by molar-refractivity contribution is 14.0. The minimum atomic E-state index is 0. The average molecular weight is 518 g/mol. The lowest BCUT2D eigenvalue weighted by Crippen LogP contribution is -2.73. The van der Waals surface area contributed by atoms with Crippen LogP contribution in [0.3, 0.4) is 0 Å². The number of aryl methyl sites for hydroxylation is 1. The lowest BCUT2D eigenvalue weighted by Gasteiger charge is -2.63. The summed E-state index contributed by atoms with van der Waals surface area (Å²) < 4.78 is 10.5. The third-order valence-electron chi connectivity index (χ3n) is 7.16. The summed E-state index contributed by atoms with van der Waals surface area (Å²) in [6, 6.07) is 0.547. The zero-order chi connectivity index (χ0) is 18.4. The molecule has 3 atom stereocenters. The van der Waals surface area contributed by atoms with Gasteiger partial charge in [-0.1, -0.05) is 13.3 Å². The Morgan fingerprint density at radius 3 is 2.71 bits per heavy atom. The van der Waals surface area contributed by atoms with Gasteiger partial charge in [-0.2, -0.15) is 4.37 Å². The van der Waals surface area contributed by atoms with Crippen molar-refractivity contribution in [3.05, 3.63) is 5.82 Å². The van der Waals surface area contributed by atoms with Gasteiger partial charge in [0.05, 0.1) is 6.10 Å². The molecule has 2 aliphatic carbocycles. The molecule has 2 aliphatic heterocycles. The summed E-state index contributed by atoms with van der Waals surface area (Å²) in [5, 5.41) is 4.92. The summed E-state index contributed by atoms with van der Waals surface area (Å²) in [5.41, 5.74) is 0.391. The molecule has 1 N–H and O–H groups in total. The molecule has 3 heterocycles. The third-order valence-corrected chi connectivity index (χ3v) is 7.97. The van der Waals surface area contributed by atoms with Gasteiger partial charge >= 0.3 is 0 Å². The normalized spacial score (nSPS) is 31.1. The van der Waals surface area contributed by atoms with E-state index in [9.17, 15) is 0 Å². The third kappa shape index (κ3) is 3.21. The molecular weight excluding hydrogens is 487 g/mol. The van der Waals surface area contributed by atoms with Crippen molar-refractivity contribution in [2.75, 3.05) is 44.7 Å². The van der Waals surface area contributed by atoms with Crippen LogP contribution in [0.5, 0.6) is 0 Å². The number of fused-ring (bicyclic) bond motifs is 2. The number of aromatic nitrogens is 2. The Labute approximate surface area is 188 Å². The van der Waals surface area contributed by atoms with Crippen LogP contribution in [0.15, 0.2) is 4.99 Å². The molecule has 4 aliphatic rings. The van der Waals surface area contributed by atoms with Gasteiger partial charge in [0.2, 0.25) is 5.13 Å². The number of anilines is 1. The molecule has 5 rings (SSSR count). The molecule has 2 saturated heterocycles. The standard InChI is InChI=1S/C19H30N6OS.HI/c1-3-14-21-18(27-23-14)25-10-8-24(9-11-25)17(20-2)22-15-13-5-12-26-16(13)19(15)6-4-7-19;/h13,15-16H,3-12H2,1-2H3,(H,20,22);1H. The number of hydrogen-bond donors (Lipinski definition) is 1. The number of guanidine groups is 1. The molecule has 0 bridgehead atoms. The number of piperazine rings is 1. The second kappa shape index (κ2) is 8.22. The highest BCUT2D eigenvalue weighted by atomic mass is 127. The van der Waals surface area contributed by atoms with Crippen molar-refractivity contribution < 1.29 is 4.74 Å². The van der Waals surface area contributed by atoms with Crippen LogP contribution in [-0.2, 0) is 11.2 Å². The SMILES string of the molecule is CCc1nsc(N2CCN(C(=NC)NC3C4CCOC4C34CCC4)CC2)n1.I. The molecule has 1 aromatic heterocycles. The first-order valence-electron chi connectivity index (χ1n) is 10.4. The Bertz CT molecular complexity index is 715. The van der Waals surface area contributed by atoms with Crippen LogP contribution < -0.4 is 10.2 Å². The van der Waals surface area contributed by atoms with E-state index in [2.05, 4.69) is 36.4 Å². The molecule has 1 aromatic rings. The van der Waals surface area contributed by atoms with Crippen LogP contribution in [0.4, 0.5) is 5.13 Å². The van der Waals surface area contributed by atoms with E-state index in [1.807, 2.05) is 7.05 Å². The molecule has 0 amide bonds. The van der Waals surface area contributed by atoms with E-state index in [4.69, 9.17) is 4.74 Å². The zero-order valence-corrected chi connectivity index (χ0v) is 19.9. The number of ether oxygens (including phenoxy) is 1. The summed E-state index contributed by atoms with van der Waals surface area (Å²) in [6.07, 6.45) is 6.59. The van der Waals surface area contributed by atoms with Gasteiger partial charge in [0.15, 0.2) is 5.96 Å². The highest BCUT2D eigenvalue weighted by Crippen LogP contribution is 2.62. The van der Waals surface area contributed by atoms with Gasteiger partial charge in [-0.15, -0.1) is 24.0 Å². The van der Waals surface area contributed by atoms with Crippen molar-refractivity contribution in [3.8, 4) is 0 Å². The number of halogens is 1. The summed E-state index contributed by atoms with van der Waals surface area (Å²) in [7, 11) is 1.92. The molecule has 1 spiro atoms. The number of nitrogens with zero attached hydrogens (tertiary/aromatic N) is 5. The maximum absolute atomic E-state index is 6.06. The number of aliphatic imine (C=N–C) groups is 1. The van der Waals surface area contributed by atoms with Gasteiger partial charge < -0.3 is 19.9 Å². The van der Waals surface area contributed by atoms with Gasteiger partial charge in [0.25, 0.3) is 0 Å². The van der Waals surface area contributed by atoms with Gasteiger partial charge in [-0.05, 0) is 19.3 Å². The fraction of sp³-hybridized carbons (Fsp3) is 0.842. The van der Waals surface area contributed by atoms with E-state index in [0.717, 1.165) is 56.1 Å². The molecule has 2 saturated carbocycles. The predicted octanol–water partition coefficient (Wildman–Crippen LogP) is 2.37. The molecule has 0 radical (unpaired) electrons. The Morgan fingerprint density at radius 2 is 2.11 bits per heavy atom. The monoisotopic (exact) mass is 518 g/mol. The van der Waals surface area contributed by atoms with Crippen molar-refractivity contribution in [2.24, 2.45) is 16.3 Å².